The van der Waals surface area contributed by atoms with Crippen LogP contribution in [0.25, 0.3) is 94.7 Å². The molecule has 0 aliphatic heterocycles. The number of hydrogen-bond donors (Lipinski definition) is 0. The molecule has 0 radical (unpaired) electrons. The molecular formula is C48H32N4O. The molecule has 10 aromatic rings. The Morgan fingerprint density at radius 1 is 0.453 bits per heavy atom. The van der Waals surface area contributed by atoms with Crippen LogP contribution >= 0.6 is 0 Å². The van der Waals surface area contributed by atoms with Crippen LogP contribution in [-0.4, -0.2) is 19.5 Å². The lowest BCUT2D eigenvalue weighted by atomic mass is 9.79. The molecule has 0 saturated heterocycles. The van der Waals surface area contributed by atoms with Crippen LogP contribution < -0.4 is 0 Å². The molecule has 11 rings (SSSR count). The molecule has 5 heteroatoms. The van der Waals surface area contributed by atoms with E-state index in [-0.39, 0.29) is 5.41 Å². The Morgan fingerprint density at radius 3 is 1.74 bits per heavy atom. The Bertz CT molecular complexity index is 3020. The van der Waals surface area contributed by atoms with E-state index in [4.69, 9.17) is 19.4 Å². The van der Waals surface area contributed by atoms with Crippen LogP contribution in [-0.2, 0) is 5.41 Å². The smallest absolute Gasteiger partial charge is 0.164 e. The second-order valence-electron chi connectivity index (χ2n) is 14.4. The Labute approximate surface area is 305 Å². The summed E-state index contributed by atoms with van der Waals surface area (Å²) in [5.41, 5.74) is 13.0. The Morgan fingerprint density at radius 2 is 1.02 bits per heavy atom. The molecule has 250 valence electrons. The molecule has 53 heavy (non-hydrogen) atoms. The van der Waals surface area contributed by atoms with E-state index in [9.17, 15) is 0 Å². The summed E-state index contributed by atoms with van der Waals surface area (Å²) >= 11 is 0. The summed E-state index contributed by atoms with van der Waals surface area (Å²) in [5, 5.41) is 4.89. The van der Waals surface area contributed by atoms with Gasteiger partial charge in [0, 0.05) is 49.3 Å². The quantitative estimate of drug-likeness (QED) is 0.186. The zero-order valence-electron chi connectivity index (χ0n) is 29.2. The van der Waals surface area contributed by atoms with E-state index in [2.05, 4.69) is 109 Å². The minimum absolute atomic E-state index is 0.278. The van der Waals surface area contributed by atoms with E-state index in [1.807, 2.05) is 66.7 Å². The molecule has 7 aromatic carbocycles. The molecule has 3 aromatic heterocycles. The van der Waals surface area contributed by atoms with Crippen molar-refractivity contribution < 1.29 is 4.42 Å². The van der Waals surface area contributed by atoms with Crippen LogP contribution in [0.3, 0.4) is 0 Å². The van der Waals surface area contributed by atoms with Gasteiger partial charge in [-0.1, -0.05) is 135 Å². The monoisotopic (exact) mass is 680 g/mol. The van der Waals surface area contributed by atoms with Crippen molar-refractivity contribution >= 4 is 43.7 Å². The lowest BCUT2D eigenvalue weighted by molar-refractivity contribution is 0.660. The van der Waals surface area contributed by atoms with E-state index in [1.54, 1.807) is 0 Å². The molecule has 0 fully saturated rings. The van der Waals surface area contributed by atoms with Crippen LogP contribution in [0.15, 0.2) is 162 Å². The SMILES string of the molecule is CC1(C)c2c(ccc3oc4ccccc4c23)-c2ccc3c(c21)c1ccccc1n3-c1cccc(-c2nc(-c3ccccc3)nc(-c3ccccc3)n2)c1. The Kier molecular flexibility index (Phi) is 6.23. The number of hydrogen-bond acceptors (Lipinski definition) is 4. The van der Waals surface area contributed by atoms with Gasteiger partial charge in [0.1, 0.15) is 11.2 Å². The fourth-order valence-corrected chi connectivity index (χ4v) is 8.75. The maximum atomic E-state index is 6.38. The molecule has 3 heterocycles. The number of furan rings is 1. The fraction of sp³-hybridized carbons (Fsp3) is 0.0625. The summed E-state index contributed by atoms with van der Waals surface area (Å²) in [4.78, 5) is 15.0. The molecule has 0 N–H and O–H groups in total. The maximum Gasteiger partial charge on any atom is 0.164 e. The predicted molar refractivity (Wildman–Crippen MR) is 215 cm³/mol. The lowest BCUT2D eigenvalue weighted by Crippen LogP contribution is -2.16. The average Bonchev–Trinajstić information content (AvgIpc) is 3.83. The van der Waals surface area contributed by atoms with Gasteiger partial charge in [-0.05, 0) is 58.7 Å². The van der Waals surface area contributed by atoms with Gasteiger partial charge in [0.2, 0.25) is 0 Å². The first-order valence-corrected chi connectivity index (χ1v) is 18.0. The predicted octanol–water partition coefficient (Wildman–Crippen LogP) is 12.2. The third kappa shape index (κ3) is 4.34. The van der Waals surface area contributed by atoms with Crippen molar-refractivity contribution in [2.75, 3.05) is 0 Å². The first kappa shape index (κ1) is 29.8. The van der Waals surface area contributed by atoms with Crippen molar-refractivity contribution in [1.82, 2.24) is 19.5 Å². The van der Waals surface area contributed by atoms with E-state index >= 15 is 0 Å². The fourth-order valence-electron chi connectivity index (χ4n) is 8.75. The Hall–Kier alpha value is -6.85. The molecule has 0 saturated carbocycles. The van der Waals surface area contributed by atoms with Crippen molar-refractivity contribution in [3.05, 3.63) is 169 Å². The largest absolute Gasteiger partial charge is 0.456 e. The minimum Gasteiger partial charge on any atom is -0.456 e. The number of nitrogens with zero attached hydrogens (tertiary/aromatic N) is 4. The third-order valence-electron chi connectivity index (χ3n) is 11.0. The van der Waals surface area contributed by atoms with Crippen molar-refractivity contribution in [3.63, 3.8) is 0 Å². The summed E-state index contributed by atoms with van der Waals surface area (Å²) in [7, 11) is 0. The van der Waals surface area contributed by atoms with Gasteiger partial charge in [-0.2, -0.15) is 0 Å². The number of benzene rings is 7. The van der Waals surface area contributed by atoms with Crippen molar-refractivity contribution in [2.24, 2.45) is 0 Å². The summed E-state index contributed by atoms with van der Waals surface area (Å²) < 4.78 is 8.78. The zero-order chi connectivity index (χ0) is 35.3. The highest BCUT2D eigenvalue weighted by molar-refractivity contribution is 6.17. The second kappa shape index (κ2) is 11.1. The van der Waals surface area contributed by atoms with Crippen molar-refractivity contribution in [3.8, 4) is 51.0 Å². The number of fused-ring (bicyclic) bond motifs is 11. The molecule has 0 amide bonds. The molecule has 0 spiro atoms. The zero-order valence-corrected chi connectivity index (χ0v) is 29.2. The van der Waals surface area contributed by atoms with Gasteiger partial charge >= 0.3 is 0 Å². The first-order valence-electron chi connectivity index (χ1n) is 18.0. The standard InChI is InChI=1S/C48H32N4O/c1-48(2)43-33(34-25-27-40-42(44(34)48)36-21-10-12-23-39(36)53-40)24-26-38-41(43)35-20-9-11-22-37(35)52(38)32-19-13-18-31(28-32)47-50-45(29-14-5-3-6-15-29)49-46(51-47)30-16-7-4-8-17-30/h3-28H,1-2H3. The average molecular weight is 681 g/mol. The van der Waals surface area contributed by atoms with Crippen LogP contribution in [0.5, 0.6) is 0 Å². The van der Waals surface area contributed by atoms with E-state index in [0.29, 0.717) is 17.5 Å². The van der Waals surface area contributed by atoms with Gasteiger partial charge in [0.05, 0.1) is 11.0 Å². The van der Waals surface area contributed by atoms with Crippen molar-refractivity contribution in [1.29, 1.82) is 0 Å². The molecular weight excluding hydrogens is 649 g/mol. The van der Waals surface area contributed by atoms with Crippen molar-refractivity contribution in [2.45, 2.75) is 19.3 Å². The molecule has 0 bridgehead atoms. The highest BCUT2D eigenvalue weighted by Crippen LogP contribution is 2.56. The van der Waals surface area contributed by atoms with Gasteiger partial charge in [0.15, 0.2) is 17.5 Å². The van der Waals surface area contributed by atoms with E-state index in [0.717, 1.165) is 39.1 Å². The summed E-state index contributed by atoms with van der Waals surface area (Å²) in [6, 6.07) is 55.0. The number of aromatic nitrogens is 4. The molecule has 0 unspecified atom stereocenters. The number of para-hydroxylation sites is 2. The van der Waals surface area contributed by atoms with Gasteiger partial charge in [-0.25, -0.2) is 15.0 Å². The molecule has 5 nitrogen and oxygen atoms in total. The van der Waals surface area contributed by atoms with E-state index < -0.39 is 0 Å². The number of rotatable bonds is 4. The summed E-state index contributed by atoms with van der Waals surface area (Å²) in [6.45, 7) is 4.75. The summed E-state index contributed by atoms with van der Waals surface area (Å²) in [6.07, 6.45) is 0. The third-order valence-corrected chi connectivity index (χ3v) is 11.0. The van der Waals surface area contributed by atoms with Gasteiger partial charge in [-0.3, -0.25) is 0 Å². The van der Waals surface area contributed by atoms with Gasteiger partial charge in [-0.15, -0.1) is 0 Å². The lowest BCUT2D eigenvalue weighted by Gasteiger charge is -2.23. The van der Waals surface area contributed by atoms with Crippen LogP contribution in [0.1, 0.15) is 25.0 Å². The Balaban J connectivity index is 1.13. The topological polar surface area (TPSA) is 56.7 Å². The van der Waals surface area contributed by atoms with E-state index in [1.165, 1.54) is 49.3 Å². The second-order valence-corrected chi connectivity index (χ2v) is 14.4. The van der Waals surface area contributed by atoms with Gasteiger partial charge < -0.3 is 8.98 Å². The van der Waals surface area contributed by atoms with Crippen LogP contribution in [0, 0.1) is 0 Å². The normalized spacial score (nSPS) is 13.2. The van der Waals surface area contributed by atoms with Crippen LogP contribution in [0.2, 0.25) is 0 Å². The van der Waals surface area contributed by atoms with Gasteiger partial charge in [0.25, 0.3) is 0 Å². The molecule has 1 aliphatic rings. The molecule has 1 aliphatic carbocycles. The minimum atomic E-state index is -0.278. The highest BCUT2D eigenvalue weighted by atomic mass is 16.3. The maximum absolute atomic E-state index is 6.38. The highest BCUT2D eigenvalue weighted by Gasteiger charge is 2.40. The van der Waals surface area contributed by atoms with Crippen LogP contribution in [0.4, 0.5) is 0 Å². The molecule has 0 atom stereocenters. The summed E-state index contributed by atoms with van der Waals surface area (Å²) in [5.74, 6) is 1.93. The first-order chi connectivity index (χ1) is 26.0.